The lowest BCUT2D eigenvalue weighted by Crippen LogP contribution is -2.24. The summed E-state index contributed by atoms with van der Waals surface area (Å²) in [5.74, 6) is -1.06. The number of aliphatic hydroxyl groups is 1. The van der Waals surface area contributed by atoms with E-state index >= 15 is 0 Å². The summed E-state index contributed by atoms with van der Waals surface area (Å²) in [6, 6.07) is 0. The zero-order valence-electron chi connectivity index (χ0n) is 12.9. The zero-order valence-corrected chi connectivity index (χ0v) is 12.9. The van der Waals surface area contributed by atoms with Crippen LogP contribution < -0.4 is 0 Å². The van der Waals surface area contributed by atoms with Gasteiger partial charge in [0.25, 0.3) is 0 Å². The van der Waals surface area contributed by atoms with Gasteiger partial charge in [0, 0.05) is 0 Å². The Labute approximate surface area is 117 Å². The number of hydrogen-bond donors (Lipinski definition) is 2. The molecule has 0 spiro atoms. The van der Waals surface area contributed by atoms with Gasteiger partial charge in [0.15, 0.2) is 0 Å². The quantitative estimate of drug-likeness (QED) is 0.586. The fraction of sp³-hybridized carbons (Fsp3) is 0.812. The number of carbonyl (C=O) groups is 1. The van der Waals surface area contributed by atoms with Gasteiger partial charge in [0.05, 0.1) is 11.5 Å². The molecule has 2 atom stereocenters. The van der Waals surface area contributed by atoms with Crippen molar-refractivity contribution >= 4 is 5.97 Å². The average Bonchev–Trinajstić information content (AvgIpc) is 2.28. The summed E-state index contributed by atoms with van der Waals surface area (Å²) in [5.41, 5.74) is 0.725. The summed E-state index contributed by atoms with van der Waals surface area (Å²) >= 11 is 0. The van der Waals surface area contributed by atoms with E-state index < -0.39 is 11.6 Å². The van der Waals surface area contributed by atoms with Crippen LogP contribution in [0.5, 0.6) is 0 Å². The first-order valence-electron chi connectivity index (χ1n) is 7.39. The molecule has 0 aliphatic rings. The summed E-state index contributed by atoms with van der Waals surface area (Å²) in [6.07, 6.45) is 8.19. The molecule has 2 N–H and O–H groups in total. The van der Waals surface area contributed by atoms with Crippen molar-refractivity contribution in [2.24, 2.45) is 5.92 Å². The highest BCUT2D eigenvalue weighted by atomic mass is 16.4. The summed E-state index contributed by atoms with van der Waals surface area (Å²) in [6.45, 7) is 7.84. The van der Waals surface area contributed by atoms with Crippen LogP contribution in [0, 0.1) is 5.92 Å². The van der Waals surface area contributed by atoms with E-state index in [4.69, 9.17) is 5.11 Å². The van der Waals surface area contributed by atoms with Gasteiger partial charge in [0.2, 0.25) is 0 Å². The van der Waals surface area contributed by atoms with Gasteiger partial charge >= 0.3 is 5.97 Å². The third-order valence-corrected chi connectivity index (χ3v) is 3.61. The van der Waals surface area contributed by atoms with E-state index in [1.54, 1.807) is 6.92 Å². The number of aliphatic carboxylic acids is 1. The summed E-state index contributed by atoms with van der Waals surface area (Å²) in [4.78, 5) is 10.7. The molecule has 0 aromatic heterocycles. The lowest BCUT2D eigenvalue weighted by molar-refractivity contribution is -0.141. The Morgan fingerprint density at radius 1 is 1.32 bits per heavy atom. The molecule has 0 heterocycles. The fourth-order valence-corrected chi connectivity index (χ4v) is 2.24. The summed E-state index contributed by atoms with van der Waals surface area (Å²) < 4.78 is 0. The lowest BCUT2D eigenvalue weighted by atomic mass is 9.90. The van der Waals surface area contributed by atoms with Crippen LogP contribution >= 0.6 is 0 Å². The molecule has 0 radical (unpaired) electrons. The predicted molar refractivity (Wildman–Crippen MR) is 79.2 cm³/mol. The Bertz CT molecular complexity index is 292. The van der Waals surface area contributed by atoms with Gasteiger partial charge < -0.3 is 10.2 Å². The zero-order chi connectivity index (χ0) is 14.9. The first kappa shape index (κ1) is 18.2. The molecule has 19 heavy (non-hydrogen) atoms. The van der Waals surface area contributed by atoms with Crippen molar-refractivity contribution in [2.75, 3.05) is 0 Å². The maximum absolute atomic E-state index is 10.7. The lowest BCUT2D eigenvalue weighted by Gasteiger charge is -2.23. The van der Waals surface area contributed by atoms with Gasteiger partial charge in [-0.3, -0.25) is 4.79 Å². The van der Waals surface area contributed by atoms with Crippen LogP contribution in [0.3, 0.4) is 0 Å². The molecular weight excluding hydrogens is 240 g/mol. The molecule has 3 nitrogen and oxygen atoms in total. The van der Waals surface area contributed by atoms with Crippen LogP contribution in [0.15, 0.2) is 11.6 Å². The van der Waals surface area contributed by atoms with Crippen LogP contribution in [0.25, 0.3) is 0 Å². The summed E-state index contributed by atoms with van der Waals surface area (Å²) in [5, 5.41) is 19.0. The molecule has 0 saturated heterocycles. The van der Waals surface area contributed by atoms with Crippen molar-refractivity contribution in [3.63, 3.8) is 0 Å². The molecule has 0 rings (SSSR count). The van der Waals surface area contributed by atoms with E-state index in [1.165, 1.54) is 5.57 Å². The molecule has 0 bridgehead atoms. The van der Waals surface area contributed by atoms with Crippen LogP contribution in [0.2, 0.25) is 0 Å². The smallest absolute Gasteiger partial charge is 0.306 e. The molecule has 0 aromatic carbocycles. The Kier molecular flexibility index (Phi) is 8.73. The van der Waals surface area contributed by atoms with Crippen molar-refractivity contribution < 1.29 is 15.0 Å². The second-order valence-electron chi connectivity index (χ2n) is 5.94. The van der Waals surface area contributed by atoms with Crippen molar-refractivity contribution in [3.05, 3.63) is 11.6 Å². The third-order valence-electron chi connectivity index (χ3n) is 3.61. The fourth-order valence-electron chi connectivity index (χ4n) is 2.24. The van der Waals surface area contributed by atoms with Crippen LogP contribution in [0.4, 0.5) is 0 Å². The Balaban J connectivity index is 3.86. The second kappa shape index (κ2) is 9.13. The van der Waals surface area contributed by atoms with Crippen LogP contribution in [0.1, 0.15) is 72.6 Å². The molecule has 0 fully saturated rings. The van der Waals surface area contributed by atoms with Crippen molar-refractivity contribution in [2.45, 2.75) is 78.2 Å². The second-order valence-corrected chi connectivity index (χ2v) is 5.94. The third kappa shape index (κ3) is 9.71. The standard InChI is InChI=1S/C16H30O3/c1-5-8-13(2)9-6-11-16(4,19)12-7-10-14(3)15(17)18/h8,14,19H,5-7,9-12H2,1-4H3,(H,17,18)/b13-8+. The van der Waals surface area contributed by atoms with Gasteiger partial charge in [-0.1, -0.05) is 25.5 Å². The van der Waals surface area contributed by atoms with E-state index in [9.17, 15) is 9.90 Å². The first-order valence-corrected chi connectivity index (χ1v) is 7.39. The number of carboxylic acids is 1. The highest BCUT2D eigenvalue weighted by Crippen LogP contribution is 2.23. The number of hydrogen-bond acceptors (Lipinski definition) is 2. The highest BCUT2D eigenvalue weighted by molar-refractivity contribution is 5.69. The minimum absolute atomic E-state index is 0.314. The molecule has 2 unspecified atom stereocenters. The number of rotatable bonds is 10. The predicted octanol–water partition coefficient (Wildman–Crippen LogP) is 4.16. The molecule has 0 amide bonds. The Morgan fingerprint density at radius 3 is 2.42 bits per heavy atom. The monoisotopic (exact) mass is 270 g/mol. The molecule has 0 aliphatic heterocycles. The maximum atomic E-state index is 10.7. The number of carboxylic acid groups (broad SMARTS) is 1. The normalized spacial score (nSPS) is 17.0. The van der Waals surface area contributed by atoms with Gasteiger partial charge in [-0.25, -0.2) is 0 Å². The topological polar surface area (TPSA) is 57.5 Å². The average molecular weight is 270 g/mol. The van der Waals surface area contributed by atoms with Gasteiger partial charge in [0.1, 0.15) is 0 Å². The Morgan fingerprint density at radius 2 is 1.89 bits per heavy atom. The molecular formula is C16H30O3. The van der Waals surface area contributed by atoms with Gasteiger partial charge in [-0.2, -0.15) is 0 Å². The molecule has 0 saturated carbocycles. The van der Waals surface area contributed by atoms with E-state index in [1.807, 2.05) is 6.92 Å². The SMILES string of the molecule is CC/C=C(\C)CCCC(C)(O)CCCC(C)C(=O)O. The highest BCUT2D eigenvalue weighted by Gasteiger charge is 2.20. The van der Waals surface area contributed by atoms with Crippen molar-refractivity contribution in [3.8, 4) is 0 Å². The minimum Gasteiger partial charge on any atom is -0.481 e. The van der Waals surface area contributed by atoms with Crippen molar-refractivity contribution in [1.29, 1.82) is 0 Å². The molecule has 3 heteroatoms. The van der Waals surface area contributed by atoms with Gasteiger partial charge in [-0.15, -0.1) is 0 Å². The van der Waals surface area contributed by atoms with Crippen molar-refractivity contribution in [1.82, 2.24) is 0 Å². The molecule has 0 aromatic rings. The molecule has 112 valence electrons. The number of allylic oxidation sites excluding steroid dienone is 2. The van der Waals surface area contributed by atoms with E-state index in [0.717, 1.165) is 32.1 Å². The van der Waals surface area contributed by atoms with Gasteiger partial charge in [-0.05, 0) is 58.8 Å². The molecule has 0 aliphatic carbocycles. The largest absolute Gasteiger partial charge is 0.481 e. The Hall–Kier alpha value is -0.830. The van der Waals surface area contributed by atoms with Crippen LogP contribution in [-0.4, -0.2) is 21.8 Å². The summed E-state index contributed by atoms with van der Waals surface area (Å²) in [7, 11) is 0. The van der Waals surface area contributed by atoms with E-state index in [2.05, 4.69) is 19.9 Å². The maximum Gasteiger partial charge on any atom is 0.306 e. The minimum atomic E-state index is -0.750. The van der Waals surface area contributed by atoms with E-state index in [-0.39, 0.29) is 5.92 Å². The first-order chi connectivity index (χ1) is 8.78. The van der Waals surface area contributed by atoms with Crippen LogP contribution in [-0.2, 0) is 4.79 Å². The van der Waals surface area contributed by atoms with E-state index in [0.29, 0.717) is 12.8 Å².